The summed E-state index contributed by atoms with van der Waals surface area (Å²) in [5.41, 5.74) is 5.76. The molecule has 116 valence electrons. The SMILES string of the molecule is CC(=O)OC(C)OC(=O)C(N)C(CC(=O)O)CC(C)C. The van der Waals surface area contributed by atoms with Gasteiger partial charge in [0.05, 0.1) is 6.42 Å². The number of hydrogen-bond donors (Lipinski definition) is 2. The Morgan fingerprint density at radius 3 is 2.10 bits per heavy atom. The van der Waals surface area contributed by atoms with Crippen LogP contribution in [0.4, 0.5) is 0 Å². The van der Waals surface area contributed by atoms with Crippen molar-refractivity contribution in [3.05, 3.63) is 0 Å². The maximum atomic E-state index is 11.8. The number of nitrogens with two attached hydrogens (primary N) is 1. The van der Waals surface area contributed by atoms with Crippen LogP contribution in [-0.4, -0.2) is 35.3 Å². The highest BCUT2D eigenvalue weighted by Gasteiger charge is 2.30. The summed E-state index contributed by atoms with van der Waals surface area (Å²) in [6.07, 6.45) is -0.767. The molecule has 0 radical (unpaired) electrons. The van der Waals surface area contributed by atoms with Crippen molar-refractivity contribution in [3.8, 4) is 0 Å². The van der Waals surface area contributed by atoms with Gasteiger partial charge in [-0.2, -0.15) is 0 Å². The number of carboxylic acids is 1. The van der Waals surface area contributed by atoms with Gasteiger partial charge >= 0.3 is 17.9 Å². The van der Waals surface area contributed by atoms with Gasteiger partial charge in [-0.25, -0.2) is 0 Å². The second-order valence-electron chi connectivity index (χ2n) is 5.13. The van der Waals surface area contributed by atoms with Crippen molar-refractivity contribution in [1.82, 2.24) is 0 Å². The second kappa shape index (κ2) is 8.52. The molecule has 0 aromatic heterocycles. The molecule has 7 nitrogen and oxygen atoms in total. The highest BCUT2D eigenvalue weighted by Crippen LogP contribution is 2.19. The van der Waals surface area contributed by atoms with Crippen LogP contribution in [0.5, 0.6) is 0 Å². The summed E-state index contributed by atoms with van der Waals surface area (Å²) >= 11 is 0. The Balaban J connectivity index is 4.61. The standard InChI is InChI=1S/C13H23NO6/c1-7(2)5-10(6-11(16)17)12(14)13(18)20-9(4)19-8(3)15/h7,9-10,12H,5-6,14H2,1-4H3,(H,16,17). The normalized spacial score (nSPS) is 15.3. The summed E-state index contributed by atoms with van der Waals surface area (Å²) in [5.74, 6) is -2.70. The third kappa shape index (κ3) is 7.73. The number of aliphatic carboxylic acids is 1. The minimum atomic E-state index is -1.06. The molecule has 0 amide bonds. The van der Waals surface area contributed by atoms with Gasteiger partial charge in [0.1, 0.15) is 6.04 Å². The maximum absolute atomic E-state index is 11.8. The van der Waals surface area contributed by atoms with Crippen LogP contribution in [0.15, 0.2) is 0 Å². The quantitative estimate of drug-likeness (QED) is 0.503. The Labute approximate surface area is 118 Å². The molecule has 3 N–H and O–H groups in total. The lowest BCUT2D eigenvalue weighted by atomic mass is 9.88. The molecule has 0 heterocycles. The minimum absolute atomic E-state index is 0.198. The van der Waals surface area contributed by atoms with Gasteiger partial charge in [0, 0.05) is 13.8 Å². The molecule has 7 heteroatoms. The molecule has 0 spiro atoms. The van der Waals surface area contributed by atoms with Crippen LogP contribution in [0.25, 0.3) is 0 Å². The van der Waals surface area contributed by atoms with Crippen LogP contribution >= 0.6 is 0 Å². The highest BCUT2D eigenvalue weighted by atomic mass is 16.7. The van der Waals surface area contributed by atoms with E-state index in [2.05, 4.69) is 4.74 Å². The molecule has 0 aliphatic heterocycles. The van der Waals surface area contributed by atoms with Gasteiger partial charge < -0.3 is 20.3 Å². The summed E-state index contributed by atoms with van der Waals surface area (Å²) in [6.45, 7) is 6.40. The smallest absolute Gasteiger partial charge is 0.326 e. The van der Waals surface area contributed by atoms with E-state index in [0.29, 0.717) is 6.42 Å². The Kier molecular flexibility index (Phi) is 7.83. The van der Waals surface area contributed by atoms with Gasteiger partial charge in [-0.05, 0) is 18.3 Å². The van der Waals surface area contributed by atoms with Crippen molar-refractivity contribution >= 4 is 17.9 Å². The summed E-state index contributed by atoms with van der Waals surface area (Å²) in [5, 5.41) is 8.85. The van der Waals surface area contributed by atoms with E-state index in [4.69, 9.17) is 15.6 Å². The summed E-state index contributed by atoms with van der Waals surface area (Å²) < 4.78 is 9.53. The molecular weight excluding hydrogens is 266 g/mol. The van der Waals surface area contributed by atoms with E-state index in [1.807, 2.05) is 13.8 Å². The summed E-state index contributed by atoms with van der Waals surface area (Å²) in [4.78, 5) is 33.3. The fourth-order valence-electron chi connectivity index (χ4n) is 1.88. The number of esters is 2. The predicted molar refractivity (Wildman–Crippen MR) is 70.5 cm³/mol. The van der Waals surface area contributed by atoms with Gasteiger partial charge in [-0.3, -0.25) is 14.4 Å². The van der Waals surface area contributed by atoms with Crippen molar-refractivity contribution in [1.29, 1.82) is 0 Å². The van der Waals surface area contributed by atoms with Crippen molar-refractivity contribution in [2.45, 2.75) is 52.9 Å². The zero-order chi connectivity index (χ0) is 15.9. The first-order valence-corrected chi connectivity index (χ1v) is 6.48. The van der Waals surface area contributed by atoms with Crippen LogP contribution in [0.3, 0.4) is 0 Å². The monoisotopic (exact) mass is 289 g/mol. The third-order valence-electron chi connectivity index (χ3n) is 2.61. The number of rotatable bonds is 8. The van der Waals surface area contributed by atoms with Crippen LogP contribution < -0.4 is 5.73 Å². The molecule has 3 unspecified atom stereocenters. The number of carboxylic acid groups (broad SMARTS) is 1. The lowest BCUT2D eigenvalue weighted by molar-refractivity contribution is -0.184. The lowest BCUT2D eigenvalue weighted by Gasteiger charge is -2.24. The molecule has 0 aliphatic carbocycles. The minimum Gasteiger partial charge on any atom is -0.481 e. The van der Waals surface area contributed by atoms with Gasteiger partial charge in [0.2, 0.25) is 6.29 Å². The first-order valence-electron chi connectivity index (χ1n) is 6.48. The molecule has 0 rings (SSSR count). The maximum Gasteiger partial charge on any atom is 0.326 e. The molecule has 0 aromatic carbocycles. The van der Waals surface area contributed by atoms with Gasteiger partial charge in [-0.15, -0.1) is 0 Å². The summed E-state index contributed by atoms with van der Waals surface area (Å²) in [6, 6.07) is -1.06. The molecular formula is C13H23NO6. The molecule has 0 saturated heterocycles. The average molecular weight is 289 g/mol. The largest absolute Gasteiger partial charge is 0.481 e. The van der Waals surface area contributed by atoms with E-state index < -0.39 is 36.2 Å². The Morgan fingerprint density at radius 2 is 1.70 bits per heavy atom. The third-order valence-corrected chi connectivity index (χ3v) is 2.61. The Hall–Kier alpha value is -1.63. The number of carbonyl (C=O) groups excluding carboxylic acids is 2. The van der Waals surface area contributed by atoms with E-state index in [0.717, 1.165) is 0 Å². The van der Waals surface area contributed by atoms with Crippen molar-refractivity contribution < 1.29 is 29.0 Å². The van der Waals surface area contributed by atoms with Crippen molar-refractivity contribution in [2.24, 2.45) is 17.6 Å². The van der Waals surface area contributed by atoms with Gasteiger partial charge in [0.15, 0.2) is 0 Å². The first kappa shape index (κ1) is 18.4. The van der Waals surface area contributed by atoms with E-state index in [-0.39, 0.29) is 12.3 Å². The Morgan fingerprint density at radius 1 is 1.15 bits per heavy atom. The lowest BCUT2D eigenvalue weighted by Crippen LogP contribution is -2.42. The van der Waals surface area contributed by atoms with E-state index in [1.165, 1.54) is 13.8 Å². The fourth-order valence-corrected chi connectivity index (χ4v) is 1.88. The Bertz CT molecular complexity index is 355. The number of hydrogen-bond acceptors (Lipinski definition) is 6. The topological polar surface area (TPSA) is 116 Å². The predicted octanol–water partition coefficient (Wildman–Crippen LogP) is 0.903. The average Bonchev–Trinajstić information content (AvgIpc) is 2.24. The van der Waals surface area contributed by atoms with E-state index in [1.54, 1.807) is 0 Å². The summed E-state index contributed by atoms with van der Waals surface area (Å²) in [7, 11) is 0. The van der Waals surface area contributed by atoms with Crippen LogP contribution in [0.1, 0.15) is 40.5 Å². The zero-order valence-corrected chi connectivity index (χ0v) is 12.3. The first-order chi connectivity index (χ1) is 9.13. The van der Waals surface area contributed by atoms with E-state index >= 15 is 0 Å². The second-order valence-corrected chi connectivity index (χ2v) is 5.13. The van der Waals surface area contributed by atoms with Gasteiger partial charge in [-0.1, -0.05) is 13.8 Å². The van der Waals surface area contributed by atoms with Crippen LogP contribution in [0, 0.1) is 11.8 Å². The van der Waals surface area contributed by atoms with Crippen LogP contribution in [-0.2, 0) is 23.9 Å². The molecule has 0 aromatic rings. The van der Waals surface area contributed by atoms with Crippen molar-refractivity contribution in [2.75, 3.05) is 0 Å². The zero-order valence-electron chi connectivity index (χ0n) is 12.3. The molecule has 3 atom stereocenters. The molecule has 20 heavy (non-hydrogen) atoms. The number of ether oxygens (including phenoxy) is 2. The van der Waals surface area contributed by atoms with Crippen LogP contribution in [0.2, 0.25) is 0 Å². The molecule has 0 bridgehead atoms. The number of carbonyl (C=O) groups is 3. The van der Waals surface area contributed by atoms with Gasteiger partial charge in [0.25, 0.3) is 0 Å². The molecule has 0 saturated carbocycles. The molecule has 0 fully saturated rings. The highest BCUT2D eigenvalue weighted by molar-refractivity contribution is 5.77. The van der Waals surface area contributed by atoms with Crippen molar-refractivity contribution in [3.63, 3.8) is 0 Å². The van der Waals surface area contributed by atoms with E-state index in [9.17, 15) is 14.4 Å². The fraction of sp³-hybridized carbons (Fsp3) is 0.769. The molecule has 0 aliphatic rings.